The number of hydrogen-bond acceptors (Lipinski definition) is 5. The van der Waals surface area contributed by atoms with Crippen LogP contribution >= 0.6 is 39.5 Å². The Morgan fingerprint density at radius 3 is 2.70 bits per heavy atom. The van der Waals surface area contributed by atoms with Crippen LogP contribution in [0.2, 0.25) is 0 Å². The molecule has 2 aromatic carbocycles. The molecular weight excluding hydrogens is 448 g/mol. The molecule has 0 radical (unpaired) electrons. The standard InChI is InChI=1S/C19H13BrN2O3S2/c1-2-25-12-6-4-11(5-7-12)22-18(24)16(27-19(22)26)15-13-8-3-10(20)9-14(13)21-17(15)23/h3-9,24H,2H2,1H3. The van der Waals surface area contributed by atoms with Gasteiger partial charge in [0.2, 0.25) is 5.88 Å². The highest BCUT2D eigenvalue weighted by atomic mass is 79.9. The Bertz CT molecular complexity index is 1240. The van der Waals surface area contributed by atoms with Gasteiger partial charge in [-0.05, 0) is 55.5 Å². The average Bonchev–Trinajstić information content (AvgIpc) is 3.10. The second-order valence-electron chi connectivity index (χ2n) is 5.74. The number of aromatic hydroxyl groups is 1. The lowest BCUT2D eigenvalue weighted by Gasteiger charge is -2.07. The van der Waals surface area contributed by atoms with Crippen LogP contribution in [-0.4, -0.2) is 22.2 Å². The van der Waals surface area contributed by atoms with Crippen molar-refractivity contribution in [2.45, 2.75) is 6.92 Å². The third kappa shape index (κ3) is 3.13. The molecule has 5 nitrogen and oxygen atoms in total. The summed E-state index contributed by atoms with van der Waals surface area (Å²) in [4.78, 5) is 17.0. The van der Waals surface area contributed by atoms with E-state index in [2.05, 4.69) is 20.9 Å². The number of hydrogen-bond donors (Lipinski definition) is 1. The Morgan fingerprint density at radius 1 is 1.26 bits per heavy atom. The summed E-state index contributed by atoms with van der Waals surface area (Å²) in [6, 6.07) is 12.7. The summed E-state index contributed by atoms with van der Waals surface area (Å²) in [6.45, 7) is 2.49. The van der Waals surface area contributed by atoms with Crippen molar-refractivity contribution in [2.24, 2.45) is 4.99 Å². The normalized spacial score (nSPS) is 12.8. The Kier molecular flexibility index (Phi) is 4.71. The highest BCUT2D eigenvalue weighted by Gasteiger charge is 2.25. The fourth-order valence-electron chi connectivity index (χ4n) is 2.92. The van der Waals surface area contributed by atoms with Crippen molar-refractivity contribution in [3.63, 3.8) is 0 Å². The first-order valence-electron chi connectivity index (χ1n) is 8.11. The van der Waals surface area contributed by atoms with Gasteiger partial charge in [-0.15, -0.1) is 11.3 Å². The molecular formula is C19H13BrN2O3S2. The Hall–Kier alpha value is -2.29. The van der Waals surface area contributed by atoms with Crippen LogP contribution in [0.1, 0.15) is 11.8 Å². The van der Waals surface area contributed by atoms with E-state index in [-0.39, 0.29) is 11.8 Å². The predicted octanol–water partition coefficient (Wildman–Crippen LogP) is 3.49. The monoisotopic (exact) mass is 460 g/mol. The zero-order valence-electron chi connectivity index (χ0n) is 14.1. The van der Waals surface area contributed by atoms with Crippen molar-refractivity contribution in [3.05, 3.63) is 66.3 Å². The van der Waals surface area contributed by atoms with Crippen molar-refractivity contribution < 1.29 is 14.6 Å². The van der Waals surface area contributed by atoms with Crippen molar-refractivity contribution in [1.82, 2.24) is 4.57 Å². The number of halogens is 1. The molecule has 3 aromatic rings. The first-order valence-corrected chi connectivity index (χ1v) is 10.1. The van der Waals surface area contributed by atoms with Crippen LogP contribution in [0.5, 0.6) is 11.6 Å². The summed E-state index contributed by atoms with van der Waals surface area (Å²) in [5, 5.41) is 12.1. The molecule has 0 bridgehead atoms. The molecule has 0 fully saturated rings. The molecule has 136 valence electrons. The molecule has 8 heteroatoms. The third-order valence-corrected chi connectivity index (χ3v) is 5.96. The van der Waals surface area contributed by atoms with E-state index in [1.54, 1.807) is 10.6 Å². The van der Waals surface area contributed by atoms with Crippen LogP contribution in [0.3, 0.4) is 0 Å². The summed E-state index contributed by atoms with van der Waals surface area (Å²) in [7, 11) is 0. The molecule has 0 unspecified atom stereocenters. The molecule has 1 aliphatic heterocycles. The molecule has 0 aliphatic carbocycles. The molecule has 2 heterocycles. The number of thiazole rings is 1. The van der Waals surface area contributed by atoms with E-state index in [0.29, 0.717) is 37.3 Å². The summed E-state index contributed by atoms with van der Waals surface area (Å²) >= 11 is 10.0. The molecule has 4 rings (SSSR count). The predicted molar refractivity (Wildman–Crippen MR) is 110 cm³/mol. The van der Waals surface area contributed by atoms with Gasteiger partial charge in [0.15, 0.2) is 3.95 Å². The van der Waals surface area contributed by atoms with Crippen LogP contribution in [0.15, 0.2) is 51.9 Å². The summed E-state index contributed by atoms with van der Waals surface area (Å²) in [5.41, 5.74) is 1.07. The number of nitrogens with zero attached hydrogens (tertiary/aromatic N) is 2. The maximum Gasteiger partial charge on any atom is 0.279 e. The fourth-order valence-corrected chi connectivity index (χ4v) is 4.65. The van der Waals surface area contributed by atoms with Gasteiger partial charge in [-0.1, -0.05) is 22.0 Å². The lowest BCUT2D eigenvalue weighted by molar-refractivity contribution is -0.112. The zero-order chi connectivity index (χ0) is 19.1. The Morgan fingerprint density at radius 2 is 2.00 bits per heavy atom. The maximum absolute atomic E-state index is 12.5. The molecule has 0 saturated heterocycles. The lowest BCUT2D eigenvalue weighted by Crippen LogP contribution is -2.22. The lowest BCUT2D eigenvalue weighted by atomic mass is 10.1. The van der Waals surface area contributed by atoms with Gasteiger partial charge in [-0.3, -0.25) is 9.36 Å². The van der Waals surface area contributed by atoms with Gasteiger partial charge in [0, 0.05) is 9.69 Å². The first kappa shape index (κ1) is 18.1. The minimum Gasteiger partial charge on any atom is -0.494 e. The third-order valence-electron chi connectivity index (χ3n) is 4.08. The van der Waals surface area contributed by atoms with Gasteiger partial charge >= 0.3 is 0 Å². The minimum absolute atomic E-state index is 0.0662. The molecule has 1 amide bonds. The van der Waals surface area contributed by atoms with Gasteiger partial charge in [0.25, 0.3) is 5.91 Å². The smallest absolute Gasteiger partial charge is 0.279 e. The molecule has 1 N–H and O–H groups in total. The van der Waals surface area contributed by atoms with Crippen molar-refractivity contribution in [3.8, 4) is 17.3 Å². The highest BCUT2D eigenvalue weighted by molar-refractivity contribution is 9.10. The Balaban J connectivity index is 1.88. The molecule has 0 saturated carbocycles. The van der Waals surface area contributed by atoms with Gasteiger partial charge in [0.05, 0.1) is 23.2 Å². The molecule has 27 heavy (non-hydrogen) atoms. The number of amides is 1. The van der Waals surface area contributed by atoms with Crippen LogP contribution < -0.4 is 15.3 Å². The van der Waals surface area contributed by atoms with Gasteiger partial charge in [0.1, 0.15) is 10.6 Å². The van der Waals surface area contributed by atoms with Crippen molar-refractivity contribution >= 4 is 51.0 Å². The topological polar surface area (TPSA) is 63.8 Å². The SMILES string of the molecule is CCOc1ccc(-n2c(O)c(C3=c4ccc(Br)cc4=NC3=O)sc2=S)cc1. The number of benzene rings is 2. The number of ether oxygens (including phenoxy) is 1. The fraction of sp³-hybridized carbons (Fsp3) is 0.105. The molecule has 0 spiro atoms. The molecule has 0 atom stereocenters. The van der Waals surface area contributed by atoms with E-state index in [1.165, 1.54) is 11.3 Å². The number of aromatic nitrogens is 1. The van der Waals surface area contributed by atoms with Gasteiger partial charge < -0.3 is 9.84 Å². The van der Waals surface area contributed by atoms with E-state index in [4.69, 9.17) is 17.0 Å². The average molecular weight is 461 g/mol. The maximum atomic E-state index is 12.5. The quantitative estimate of drug-likeness (QED) is 0.605. The van der Waals surface area contributed by atoms with Crippen LogP contribution in [0, 0.1) is 3.95 Å². The first-order chi connectivity index (χ1) is 13.0. The number of carbonyl (C=O) groups is 1. The summed E-state index contributed by atoms with van der Waals surface area (Å²) < 4.78 is 8.27. The number of fused-ring (bicyclic) bond motifs is 1. The molecule has 1 aliphatic rings. The zero-order valence-corrected chi connectivity index (χ0v) is 17.3. The second kappa shape index (κ2) is 7.03. The van der Waals surface area contributed by atoms with Gasteiger partial charge in [-0.25, -0.2) is 4.99 Å². The van der Waals surface area contributed by atoms with E-state index in [1.807, 2.05) is 43.3 Å². The van der Waals surface area contributed by atoms with E-state index in [9.17, 15) is 9.90 Å². The van der Waals surface area contributed by atoms with Crippen LogP contribution in [-0.2, 0) is 4.79 Å². The highest BCUT2D eigenvalue weighted by Crippen LogP contribution is 2.35. The van der Waals surface area contributed by atoms with Crippen LogP contribution in [0.25, 0.3) is 11.3 Å². The largest absolute Gasteiger partial charge is 0.494 e. The van der Waals surface area contributed by atoms with E-state index in [0.717, 1.165) is 10.2 Å². The minimum atomic E-state index is -0.381. The van der Waals surface area contributed by atoms with Gasteiger partial charge in [-0.2, -0.15) is 0 Å². The number of rotatable bonds is 4. The summed E-state index contributed by atoms with van der Waals surface area (Å²) in [6.07, 6.45) is 0. The van der Waals surface area contributed by atoms with E-state index < -0.39 is 0 Å². The Labute approximate surface area is 172 Å². The van der Waals surface area contributed by atoms with Crippen molar-refractivity contribution in [1.29, 1.82) is 0 Å². The van der Waals surface area contributed by atoms with E-state index >= 15 is 0 Å². The molecule has 1 aromatic heterocycles. The number of carbonyl (C=O) groups excluding carboxylic acids is 1. The second-order valence-corrected chi connectivity index (χ2v) is 8.30. The summed E-state index contributed by atoms with van der Waals surface area (Å²) in [5.74, 6) is 0.290. The van der Waals surface area contributed by atoms with Crippen molar-refractivity contribution in [2.75, 3.05) is 6.61 Å². The van der Waals surface area contributed by atoms with Crippen LogP contribution in [0.4, 0.5) is 0 Å².